The molecule has 5 heteroatoms. The molecule has 2 aliphatic rings. The number of carbonyl (C=O) groups excluding carboxylic acids is 1. The number of rotatable bonds is 0. The number of hydrogen-bond donors (Lipinski definition) is 1. The second-order valence-electron chi connectivity index (χ2n) is 3.68. The van der Waals surface area contributed by atoms with Crippen molar-refractivity contribution < 1.29 is 13.2 Å². The second kappa shape index (κ2) is 2.22. The van der Waals surface area contributed by atoms with Crippen molar-refractivity contribution in [2.75, 3.05) is 5.75 Å². The van der Waals surface area contributed by atoms with Crippen LogP contribution in [0.2, 0.25) is 0 Å². The van der Waals surface area contributed by atoms with Gasteiger partial charge in [0.2, 0.25) is 15.9 Å². The van der Waals surface area contributed by atoms with Gasteiger partial charge in [-0.15, -0.1) is 0 Å². The average Bonchev–Trinajstić information content (AvgIpc) is 2.42. The number of nitrogens with one attached hydrogen (secondary N) is 1. The van der Waals surface area contributed by atoms with Gasteiger partial charge >= 0.3 is 0 Å². The quantitative estimate of drug-likeness (QED) is 0.583. The van der Waals surface area contributed by atoms with Crippen LogP contribution in [0.25, 0.3) is 0 Å². The van der Waals surface area contributed by atoms with Gasteiger partial charge in [0.1, 0.15) is 0 Å². The monoisotopic (exact) mass is 189 g/mol. The predicted molar refractivity (Wildman–Crippen MR) is 42.8 cm³/mol. The molecule has 0 bridgehead atoms. The van der Waals surface area contributed by atoms with Crippen molar-refractivity contribution in [1.82, 2.24) is 4.72 Å². The molecule has 1 amide bonds. The molecule has 0 aromatic heterocycles. The van der Waals surface area contributed by atoms with Crippen LogP contribution in [-0.4, -0.2) is 20.1 Å². The lowest BCUT2D eigenvalue weighted by Crippen LogP contribution is -2.29. The highest BCUT2D eigenvalue weighted by atomic mass is 32.2. The first-order valence-corrected chi connectivity index (χ1v) is 5.74. The Morgan fingerprint density at radius 2 is 1.83 bits per heavy atom. The summed E-state index contributed by atoms with van der Waals surface area (Å²) in [4.78, 5) is 11.3. The smallest absolute Gasteiger partial charge is 0.240 e. The molecule has 1 aliphatic heterocycles. The van der Waals surface area contributed by atoms with Crippen molar-refractivity contribution in [3.63, 3.8) is 0 Å². The van der Waals surface area contributed by atoms with Crippen LogP contribution < -0.4 is 4.72 Å². The molecule has 1 heterocycles. The number of amides is 1. The van der Waals surface area contributed by atoms with Gasteiger partial charge in [-0.05, 0) is 12.8 Å². The zero-order chi connectivity index (χ0) is 8.82. The van der Waals surface area contributed by atoms with Crippen molar-refractivity contribution in [2.45, 2.75) is 25.7 Å². The standard InChI is InChI=1S/C7H11NO3S/c9-6-7(3-1-2-4-7)5-12(10,11)8-6/h1-5H2,(H,8,9). The third-order valence-corrected chi connectivity index (χ3v) is 4.19. The first kappa shape index (κ1) is 8.04. The molecule has 1 spiro atoms. The summed E-state index contributed by atoms with van der Waals surface area (Å²) in [5.74, 6) is -0.265. The molecule has 1 saturated heterocycles. The second-order valence-corrected chi connectivity index (χ2v) is 5.40. The lowest BCUT2D eigenvalue weighted by molar-refractivity contribution is -0.126. The Labute approximate surface area is 71.4 Å². The Bertz CT molecular complexity index is 314. The van der Waals surface area contributed by atoms with E-state index in [1.54, 1.807) is 0 Å². The van der Waals surface area contributed by atoms with E-state index < -0.39 is 15.4 Å². The molecule has 1 N–H and O–H groups in total. The van der Waals surface area contributed by atoms with Crippen LogP contribution in [0.15, 0.2) is 0 Å². The minimum Gasteiger partial charge on any atom is -0.273 e. The highest BCUT2D eigenvalue weighted by Crippen LogP contribution is 2.42. The fraction of sp³-hybridized carbons (Fsp3) is 0.857. The Morgan fingerprint density at radius 1 is 1.25 bits per heavy atom. The molecule has 4 nitrogen and oxygen atoms in total. The Balaban J connectivity index is 2.35. The summed E-state index contributed by atoms with van der Waals surface area (Å²) in [6.07, 6.45) is 3.42. The Kier molecular flexibility index (Phi) is 1.49. The van der Waals surface area contributed by atoms with E-state index in [0.29, 0.717) is 0 Å². The topological polar surface area (TPSA) is 63.2 Å². The van der Waals surface area contributed by atoms with Gasteiger partial charge in [-0.1, -0.05) is 12.8 Å². The summed E-state index contributed by atoms with van der Waals surface area (Å²) in [6.45, 7) is 0. The molecule has 0 radical (unpaired) electrons. The van der Waals surface area contributed by atoms with Gasteiger partial charge in [-0.2, -0.15) is 0 Å². The molecule has 0 aromatic carbocycles. The Morgan fingerprint density at radius 3 is 2.25 bits per heavy atom. The summed E-state index contributed by atoms with van der Waals surface area (Å²) in [6, 6.07) is 0. The van der Waals surface area contributed by atoms with Gasteiger partial charge in [-0.25, -0.2) is 8.42 Å². The van der Waals surface area contributed by atoms with Gasteiger partial charge in [0.15, 0.2) is 0 Å². The molecule has 12 heavy (non-hydrogen) atoms. The van der Waals surface area contributed by atoms with Crippen molar-refractivity contribution in [3.05, 3.63) is 0 Å². The number of sulfonamides is 1. The van der Waals surface area contributed by atoms with Gasteiger partial charge < -0.3 is 0 Å². The van der Waals surface area contributed by atoms with Crippen LogP contribution in [0.5, 0.6) is 0 Å². The van der Waals surface area contributed by atoms with E-state index in [4.69, 9.17) is 0 Å². The fourth-order valence-electron chi connectivity index (χ4n) is 2.14. The minimum atomic E-state index is -3.29. The predicted octanol–water partition coefficient (Wildman–Crippen LogP) is 0.00640. The van der Waals surface area contributed by atoms with Crippen LogP contribution in [0, 0.1) is 5.41 Å². The number of carbonyl (C=O) groups is 1. The summed E-state index contributed by atoms with van der Waals surface area (Å²) in [5, 5.41) is 0. The molecular weight excluding hydrogens is 178 g/mol. The molecule has 0 aromatic rings. The third kappa shape index (κ3) is 1.03. The highest BCUT2D eigenvalue weighted by Gasteiger charge is 2.50. The molecule has 2 fully saturated rings. The molecule has 0 unspecified atom stereocenters. The highest BCUT2D eigenvalue weighted by molar-refractivity contribution is 7.90. The fourth-order valence-corrected chi connectivity index (χ4v) is 3.86. The van der Waals surface area contributed by atoms with E-state index in [1.165, 1.54) is 0 Å². The molecule has 68 valence electrons. The average molecular weight is 189 g/mol. The molecule has 2 rings (SSSR count). The zero-order valence-electron chi connectivity index (χ0n) is 6.67. The van der Waals surface area contributed by atoms with Gasteiger partial charge in [0, 0.05) is 0 Å². The summed E-state index contributed by atoms with van der Waals surface area (Å²) >= 11 is 0. The van der Waals surface area contributed by atoms with Crippen LogP contribution >= 0.6 is 0 Å². The van der Waals surface area contributed by atoms with E-state index >= 15 is 0 Å². The van der Waals surface area contributed by atoms with E-state index in [9.17, 15) is 13.2 Å². The molecule has 1 saturated carbocycles. The van der Waals surface area contributed by atoms with E-state index in [-0.39, 0.29) is 11.7 Å². The van der Waals surface area contributed by atoms with Crippen LogP contribution in [-0.2, 0) is 14.8 Å². The lowest BCUT2D eigenvalue weighted by atomic mass is 9.88. The lowest BCUT2D eigenvalue weighted by Gasteiger charge is -2.15. The zero-order valence-corrected chi connectivity index (χ0v) is 7.49. The van der Waals surface area contributed by atoms with Gasteiger partial charge in [0.25, 0.3) is 0 Å². The van der Waals surface area contributed by atoms with Crippen LogP contribution in [0.4, 0.5) is 0 Å². The molecule has 1 aliphatic carbocycles. The maximum Gasteiger partial charge on any atom is 0.240 e. The molecule has 0 atom stereocenters. The maximum absolute atomic E-state index is 11.3. The first-order valence-electron chi connectivity index (χ1n) is 4.09. The van der Waals surface area contributed by atoms with Crippen molar-refractivity contribution in [2.24, 2.45) is 5.41 Å². The van der Waals surface area contributed by atoms with Crippen LogP contribution in [0.3, 0.4) is 0 Å². The van der Waals surface area contributed by atoms with Gasteiger partial charge in [0.05, 0.1) is 11.2 Å². The van der Waals surface area contributed by atoms with Gasteiger partial charge in [-0.3, -0.25) is 9.52 Å². The van der Waals surface area contributed by atoms with Crippen molar-refractivity contribution >= 4 is 15.9 Å². The summed E-state index contributed by atoms with van der Waals surface area (Å²) in [5.41, 5.74) is -0.557. The van der Waals surface area contributed by atoms with Crippen molar-refractivity contribution in [3.8, 4) is 0 Å². The maximum atomic E-state index is 11.3. The van der Waals surface area contributed by atoms with Crippen molar-refractivity contribution in [1.29, 1.82) is 0 Å². The largest absolute Gasteiger partial charge is 0.273 e. The normalized spacial score (nSPS) is 30.8. The van der Waals surface area contributed by atoms with E-state index in [1.807, 2.05) is 0 Å². The first-order chi connectivity index (χ1) is 5.54. The summed E-state index contributed by atoms with van der Waals surface area (Å²) < 4.78 is 24.2. The minimum absolute atomic E-state index is 0.0127. The van der Waals surface area contributed by atoms with E-state index in [0.717, 1.165) is 25.7 Å². The van der Waals surface area contributed by atoms with E-state index in [2.05, 4.69) is 4.72 Å². The number of hydrogen-bond acceptors (Lipinski definition) is 3. The molecular formula is C7H11NO3S. The summed E-state index contributed by atoms with van der Waals surface area (Å²) in [7, 11) is -3.29. The van der Waals surface area contributed by atoms with Crippen LogP contribution in [0.1, 0.15) is 25.7 Å². The Hall–Kier alpha value is -0.580. The SMILES string of the molecule is O=C1NS(=O)(=O)CC12CCCC2. The third-order valence-electron chi connectivity index (χ3n) is 2.76.